The van der Waals surface area contributed by atoms with E-state index in [-0.39, 0.29) is 35.6 Å². The summed E-state index contributed by atoms with van der Waals surface area (Å²) in [6.45, 7) is 19.5. The minimum absolute atomic E-state index is 0.0999. The van der Waals surface area contributed by atoms with Crippen molar-refractivity contribution in [3.05, 3.63) is 57.6 Å². The summed E-state index contributed by atoms with van der Waals surface area (Å²) in [5, 5.41) is 21.3. The number of phenolic OH excluding ortho intramolecular Hbond substituents is 2. The van der Waals surface area contributed by atoms with Gasteiger partial charge in [-0.15, -0.1) is 0 Å². The van der Waals surface area contributed by atoms with Gasteiger partial charge in [-0.1, -0.05) is 76.9 Å². The van der Waals surface area contributed by atoms with E-state index in [1.165, 1.54) is 0 Å². The number of carbonyl (C=O) groups is 1. The average Bonchev–Trinajstić information content (AvgIpc) is 2.87. The average molecular weight is 573 g/mol. The van der Waals surface area contributed by atoms with Gasteiger partial charge < -0.3 is 29.2 Å². The monoisotopic (exact) mass is 572 g/mol. The topological polar surface area (TPSA) is 94.5 Å². The summed E-state index contributed by atoms with van der Waals surface area (Å²) in [5.41, 5.74) is 5.55. The molecule has 0 aliphatic carbocycles. The number of rotatable bonds is 16. The van der Waals surface area contributed by atoms with Crippen LogP contribution in [0.4, 0.5) is 0 Å². The van der Waals surface area contributed by atoms with Crippen LogP contribution < -0.4 is 0 Å². The Labute approximate surface area is 247 Å². The normalized spacial score (nSPS) is 12.1. The zero-order valence-electron chi connectivity index (χ0n) is 26.5. The van der Waals surface area contributed by atoms with E-state index in [9.17, 15) is 15.0 Å². The quantitative estimate of drug-likeness (QED) is 0.176. The molecule has 0 heterocycles. The minimum Gasteiger partial charge on any atom is -0.507 e. The lowest BCUT2D eigenvalue weighted by molar-refractivity contribution is -0.145. The van der Waals surface area contributed by atoms with Crippen molar-refractivity contribution >= 4 is 5.97 Å². The lowest BCUT2D eigenvalue weighted by Crippen LogP contribution is -2.15. The van der Waals surface area contributed by atoms with Crippen molar-refractivity contribution in [2.45, 2.75) is 91.9 Å². The maximum Gasteiger partial charge on any atom is 0.306 e. The first-order valence-corrected chi connectivity index (χ1v) is 14.7. The molecule has 7 heteroatoms. The Balaban J connectivity index is 1.50. The predicted octanol–water partition coefficient (Wildman–Crippen LogP) is 6.47. The highest BCUT2D eigenvalue weighted by Gasteiger charge is 2.22. The molecule has 41 heavy (non-hydrogen) atoms. The first kappa shape index (κ1) is 34.6. The Kier molecular flexibility index (Phi) is 13.6. The van der Waals surface area contributed by atoms with Crippen LogP contribution in [0.3, 0.4) is 0 Å². The number of carbonyl (C=O) groups excluding carboxylic acids is 1. The van der Waals surface area contributed by atoms with Crippen LogP contribution in [0.2, 0.25) is 0 Å². The lowest BCUT2D eigenvalue weighted by Gasteiger charge is -2.23. The Hall–Kier alpha value is -2.61. The predicted molar refractivity (Wildman–Crippen MR) is 163 cm³/mol. The maximum absolute atomic E-state index is 12.1. The van der Waals surface area contributed by atoms with Gasteiger partial charge in [0.25, 0.3) is 0 Å². The molecular formula is C34H52O7. The highest BCUT2D eigenvalue weighted by molar-refractivity contribution is 5.70. The van der Waals surface area contributed by atoms with Gasteiger partial charge in [-0.3, -0.25) is 4.79 Å². The summed E-state index contributed by atoms with van der Waals surface area (Å²) in [7, 11) is 0. The molecule has 0 bridgehead atoms. The molecule has 2 rings (SSSR count). The summed E-state index contributed by atoms with van der Waals surface area (Å²) >= 11 is 0. The van der Waals surface area contributed by atoms with E-state index in [2.05, 4.69) is 54.5 Å². The van der Waals surface area contributed by atoms with Gasteiger partial charge in [-0.2, -0.15) is 0 Å². The number of esters is 1. The molecule has 0 spiro atoms. The number of phenols is 2. The van der Waals surface area contributed by atoms with Crippen molar-refractivity contribution in [3.8, 4) is 11.5 Å². The van der Waals surface area contributed by atoms with Crippen LogP contribution in [0, 0.1) is 13.8 Å². The summed E-state index contributed by atoms with van der Waals surface area (Å²) < 4.78 is 21.9. The first-order valence-electron chi connectivity index (χ1n) is 14.7. The van der Waals surface area contributed by atoms with Crippen LogP contribution in [0.25, 0.3) is 0 Å². The van der Waals surface area contributed by atoms with Gasteiger partial charge in [0, 0.05) is 13.0 Å². The first-order chi connectivity index (χ1) is 19.2. The van der Waals surface area contributed by atoms with E-state index in [1.807, 2.05) is 25.1 Å². The molecule has 0 saturated heterocycles. The Morgan fingerprint density at radius 3 is 1.51 bits per heavy atom. The van der Waals surface area contributed by atoms with Crippen LogP contribution in [-0.4, -0.2) is 62.4 Å². The third-order valence-electron chi connectivity index (χ3n) is 6.85. The van der Waals surface area contributed by atoms with Gasteiger partial charge in [-0.25, -0.2) is 0 Å². The molecule has 0 fully saturated rings. The van der Waals surface area contributed by atoms with E-state index in [0.717, 1.165) is 46.2 Å². The van der Waals surface area contributed by atoms with E-state index in [0.29, 0.717) is 51.8 Å². The summed E-state index contributed by atoms with van der Waals surface area (Å²) in [6, 6.07) is 8.03. The summed E-state index contributed by atoms with van der Waals surface area (Å²) in [4.78, 5) is 12.1. The molecule has 0 radical (unpaired) electrons. The van der Waals surface area contributed by atoms with Crippen molar-refractivity contribution in [1.82, 2.24) is 0 Å². The number of aromatic hydroxyl groups is 2. The van der Waals surface area contributed by atoms with Gasteiger partial charge in [0.15, 0.2) is 0 Å². The molecule has 0 amide bonds. The fourth-order valence-corrected chi connectivity index (χ4v) is 4.66. The van der Waals surface area contributed by atoms with E-state index in [1.54, 1.807) is 0 Å². The Morgan fingerprint density at radius 1 is 0.634 bits per heavy atom. The minimum atomic E-state index is -0.313. The molecule has 0 atom stereocenters. The largest absolute Gasteiger partial charge is 0.507 e. The van der Waals surface area contributed by atoms with Crippen LogP contribution >= 0.6 is 0 Å². The van der Waals surface area contributed by atoms with Crippen molar-refractivity contribution < 1.29 is 34.0 Å². The summed E-state index contributed by atoms with van der Waals surface area (Å²) in [5.74, 6) is 0.354. The van der Waals surface area contributed by atoms with Gasteiger partial charge in [0.2, 0.25) is 0 Å². The molecule has 230 valence electrons. The lowest BCUT2D eigenvalue weighted by atomic mass is 9.83. The zero-order chi connectivity index (χ0) is 30.6. The third-order valence-corrected chi connectivity index (χ3v) is 6.85. The van der Waals surface area contributed by atoms with Crippen molar-refractivity contribution in [2.75, 3.05) is 46.2 Å². The van der Waals surface area contributed by atoms with Crippen LogP contribution in [0.15, 0.2) is 24.3 Å². The molecular weight excluding hydrogens is 520 g/mol. The van der Waals surface area contributed by atoms with Crippen LogP contribution in [0.1, 0.15) is 87.8 Å². The number of hydrogen-bond acceptors (Lipinski definition) is 7. The standard InChI is InChI=1S/C34H52O7/c1-24-20-26(31(36)28(22-24)33(3,4)5)10-9-13-38-14-15-39-16-17-40-18-19-41-30(35)12-11-27-21-25(2)23-29(32(27)37)34(6,7)8/h20-23,36-37H,9-19H2,1-8H3. The molecule has 0 aliphatic heterocycles. The van der Waals surface area contributed by atoms with Gasteiger partial charge in [-0.05, 0) is 66.2 Å². The molecule has 2 aromatic rings. The van der Waals surface area contributed by atoms with Crippen LogP contribution in [0.5, 0.6) is 11.5 Å². The number of ether oxygens (including phenoxy) is 4. The van der Waals surface area contributed by atoms with Crippen molar-refractivity contribution in [3.63, 3.8) is 0 Å². The van der Waals surface area contributed by atoms with Gasteiger partial charge >= 0.3 is 5.97 Å². The molecule has 0 unspecified atom stereocenters. The third kappa shape index (κ3) is 12.0. The summed E-state index contributed by atoms with van der Waals surface area (Å²) in [6.07, 6.45) is 2.22. The fourth-order valence-electron chi connectivity index (χ4n) is 4.66. The van der Waals surface area contributed by atoms with E-state index < -0.39 is 0 Å². The molecule has 2 N–H and O–H groups in total. The highest BCUT2D eigenvalue weighted by Crippen LogP contribution is 2.36. The zero-order valence-corrected chi connectivity index (χ0v) is 26.5. The van der Waals surface area contributed by atoms with Gasteiger partial charge in [0.1, 0.15) is 18.1 Å². The van der Waals surface area contributed by atoms with Crippen molar-refractivity contribution in [1.29, 1.82) is 0 Å². The van der Waals surface area contributed by atoms with E-state index in [4.69, 9.17) is 18.9 Å². The van der Waals surface area contributed by atoms with Gasteiger partial charge in [0.05, 0.1) is 33.0 Å². The van der Waals surface area contributed by atoms with Crippen molar-refractivity contribution in [2.24, 2.45) is 0 Å². The smallest absolute Gasteiger partial charge is 0.306 e. The molecule has 0 saturated carbocycles. The fraction of sp³-hybridized carbons (Fsp3) is 0.618. The maximum atomic E-state index is 12.1. The molecule has 2 aromatic carbocycles. The second-order valence-corrected chi connectivity index (χ2v) is 12.8. The van der Waals surface area contributed by atoms with Crippen LogP contribution in [-0.2, 0) is 47.4 Å². The molecule has 0 aliphatic rings. The number of aryl methyl sites for hydroxylation is 4. The highest BCUT2D eigenvalue weighted by atomic mass is 16.6. The number of hydrogen-bond donors (Lipinski definition) is 2. The molecule has 0 aromatic heterocycles. The van der Waals surface area contributed by atoms with E-state index >= 15 is 0 Å². The molecule has 7 nitrogen and oxygen atoms in total. The SMILES string of the molecule is Cc1cc(CCCOCCOCCOCCOC(=O)CCc2cc(C)cc(C(C)(C)C)c2O)c(O)c(C(C)(C)C)c1. The number of benzene rings is 2. The Bertz CT molecular complexity index is 1110. The second-order valence-electron chi connectivity index (χ2n) is 12.8. The Morgan fingerprint density at radius 2 is 1.05 bits per heavy atom. The second kappa shape index (κ2) is 16.1.